The molecule has 1 aromatic carbocycles. The van der Waals surface area contributed by atoms with Crippen LogP contribution in [0.3, 0.4) is 0 Å². The molecule has 7 heteroatoms. The summed E-state index contributed by atoms with van der Waals surface area (Å²) in [7, 11) is 0. The summed E-state index contributed by atoms with van der Waals surface area (Å²) in [5.74, 6) is 0.713. The van der Waals surface area contributed by atoms with E-state index in [2.05, 4.69) is 10.5 Å². The fourth-order valence-electron chi connectivity index (χ4n) is 3.64. The Morgan fingerprint density at radius 2 is 2.14 bits per heavy atom. The largest absolute Gasteiger partial charge is 0.464 e. The second kappa shape index (κ2) is 7.50. The third-order valence-electron chi connectivity index (χ3n) is 5.39. The Bertz CT molecular complexity index is 1000. The monoisotopic (exact) mass is 381 g/mol. The first kappa shape index (κ1) is 18.3. The number of amides is 2. The summed E-state index contributed by atoms with van der Waals surface area (Å²) in [5, 5.41) is 7.93. The smallest absolute Gasteiger partial charge is 0.251 e. The number of fused-ring (bicyclic) bond motifs is 1. The van der Waals surface area contributed by atoms with Crippen molar-refractivity contribution < 1.29 is 18.5 Å². The number of aromatic nitrogens is 1. The molecule has 1 saturated heterocycles. The van der Waals surface area contributed by atoms with Gasteiger partial charge in [-0.25, -0.2) is 0 Å². The Morgan fingerprint density at radius 3 is 2.93 bits per heavy atom. The third-order valence-corrected chi connectivity index (χ3v) is 5.39. The van der Waals surface area contributed by atoms with Crippen LogP contribution < -0.4 is 5.32 Å². The zero-order chi connectivity index (χ0) is 19.7. The molecule has 0 aliphatic carbocycles. The minimum absolute atomic E-state index is 0.0360. The van der Waals surface area contributed by atoms with E-state index in [-0.39, 0.29) is 17.9 Å². The minimum Gasteiger partial charge on any atom is -0.464 e. The molecule has 1 N–H and O–H groups in total. The van der Waals surface area contributed by atoms with Gasteiger partial charge in [0.05, 0.1) is 18.5 Å². The van der Waals surface area contributed by atoms with Gasteiger partial charge >= 0.3 is 0 Å². The average Bonchev–Trinajstić information content (AvgIpc) is 3.23. The lowest BCUT2D eigenvalue weighted by molar-refractivity contribution is -0.131. The van der Waals surface area contributed by atoms with Crippen LogP contribution >= 0.6 is 0 Å². The maximum absolute atomic E-state index is 12.6. The van der Waals surface area contributed by atoms with E-state index in [9.17, 15) is 9.59 Å². The Balaban J connectivity index is 1.40. The molecule has 146 valence electrons. The SMILES string of the molecule is Cc1noc(C)c1CN1CCC(NC(=O)c2ccc3occc3c2)CCC1=O. The van der Waals surface area contributed by atoms with Crippen molar-refractivity contribution in [1.82, 2.24) is 15.4 Å². The van der Waals surface area contributed by atoms with Crippen LogP contribution in [-0.2, 0) is 11.3 Å². The quantitative estimate of drug-likeness (QED) is 0.749. The van der Waals surface area contributed by atoms with Gasteiger partial charge in [-0.2, -0.15) is 0 Å². The van der Waals surface area contributed by atoms with Crippen molar-refractivity contribution in [2.45, 2.75) is 45.7 Å². The zero-order valence-corrected chi connectivity index (χ0v) is 16.0. The molecule has 0 saturated carbocycles. The summed E-state index contributed by atoms with van der Waals surface area (Å²) in [6.45, 7) is 4.83. The maximum Gasteiger partial charge on any atom is 0.251 e. The van der Waals surface area contributed by atoms with Crippen molar-refractivity contribution in [2.24, 2.45) is 0 Å². The molecule has 0 radical (unpaired) electrons. The molecule has 1 fully saturated rings. The lowest BCUT2D eigenvalue weighted by Gasteiger charge is -2.21. The Hall–Kier alpha value is -3.09. The first-order valence-corrected chi connectivity index (χ1v) is 9.49. The second-order valence-corrected chi connectivity index (χ2v) is 7.29. The van der Waals surface area contributed by atoms with Crippen LogP contribution in [0.25, 0.3) is 11.0 Å². The molecule has 1 aliphatic rings. The summed E-state index contributed by atoms with van der Waals surface area (Å²) in [4.78, 5) is 27.0. The van der Waals surface area contributed by atoms with Crippen molar-refractivity contribution in [3.63, 3.8) is 0 Å². The molecule has 0 spiro atoms. The number of benzene rings is 1. The molecule has 2 amide bonds. The van der Waals surface area contributed by atoms with Crippen molar-refractivity contribution in [3.05, 3.63) is 53.1 Å². The highest BCUT2D eigenvalue weighted by Gasteiger charge is 2.25. The molecule has 2 aromatic heterocycles. The van der Waals surface area contributed by atoms with Gasteiger partial charge in [-0.05, 0) is 51.0 Å². The van der Waals surface area contributed by atoms with Crippen LogP contribution in [0, 0.1) is 13.8 Å². The van der Waals surface area contributed by atoms with Crippen LogP contribution in [0.5, 0.6) is 0 Å². The van der Waals surface area contributed by atoms with Gasteiger partial charge in [-0.15, -0.1) is 0 Å². The number of likely N-dealkylation sites (tertiary alicyclic amines) is 1. The van der Waals surface area contributed by atoms with Crippen molar-refractivity contribution >= 4 is 22.8 Å². The van der Waals surface area contributed by atoms with E-state index in [0.29, 0.717) is 31.5 Å². The minimum atomic E-state index is -0.125. The summed E-state index contributed by atoms with van der Waals surface area (Å²) in [6, 6.07) is 7.17. The molecule has 1 atom stereocenters. The summed E-state index contributed by atoms with van der Waals surface area (Å²) in [5.41, 5.74) is 3.13. The Morgan fingerprint density at radius 1 is 1.29 bits per heavy atom. The van der Waals surface area contributed by atoms with Gasteiger partial charge in [0.2, 0.25) is 5.91 Å². The van der Waals surface area contributed by atoms with Crippen molar-refractivity contribution in [3.8, 4) is 0 Å². The number of rotatable bonds is 4. The van der Waals surface area contributed by atoms with E-state index in [1.807, 2.05) is 30.9 Å². The number of nitrogens with zero attached hydrogens (tertiary/aromatic N) is 2. The van der Waals surface area contributed by atoms with E-state index in [1.54, 1.807) is 18.4 Å². The number of hydrogen-bond donors (Lipinski definition) is 1. The average molecular weight is 381 g/mol. The molecule has 28 heavy (non-hydrogen) atoms. The highest BCUT2D eigenvalue weighted by Crippen LogP contribution is 2.21. The number of nitrogens with one attached hydrogen (secondary N) is 1. The van der Waals surface area contributed by atoms with Crippen molar-refractivity contribution in [1.29, 1.82) is 0 Å². The molecular weight excluding hydrogens is 358 g/mol. The van der Waals surface area contributed by atoms with Gasteiger partial charge in [0.1, 0.15) is 11.3 Å². The number of furan rings is 1. The van der Waals surface area contributed by atoms with Gasteiger partial charge in [0, 0.05) is 35.5 Å². The van der Waals surface area contributed by atoms with Gasteiger partial charge in [0.25, 0.3) is 5.91 Å². The molecule has 0 bridgehead atoms. The third kappa shape index (κ3) is 3.65. The highest BCUT2D eigenvalue weighted by atomic mass is 16.5. The van der Waals surface area contributed by atoms with E-state index in [4.69, 9.17) is 8.94 Å². The molecule has 7 nitrogen and oxygen atoms in total. The van der Waals surface area contributed by atoms with E-state index >= 15 is 0 Å². The normalized spacial score (nSPS) is 17.7. The topological polar surface area (TPSA) is 88.6 Å². The summed E-state index contributed by atoms with van der Waals surface area (Å²) < 4.78 is 10.5. The molecule has 1 unspecified atom stereocenters. The second-order valence-electron chi connectivity index (χ2n) is 7.29. The Labute approximate surface area is 162 Å². The standard InChI is InChI=1S/C21H23N3O4/c1-13-18(14(2)28-23-13)12-24-9-7-17(4-6-20(24)25)22-21(26)16-3-5-19-15(11-16)8-10-27-19/h3,5,8,10-11,17H,4,6-7,9,12H2,1-2H3,(H,22,26). The predicted octanol–water partition coefficient (Wildman–Crippen LogP) is 3.35. The fraction of sp³-hybridized carbons (Fsp3) is 0.381. The fourth-order valence-corrected chi connectivity index (χ4v) is 3.64. The lowest BCUT2D eigenvalue weighted by Crippen LogP contribution is -2.36. The zero-order valence-electron chi connectivity index (χ0n) is 16.0. The highest BCUT2D eigenvalue weighted by molar-refractivity contribution is 5.97. The van der Waals surface area contributed by atoms with Gasteiger partial charge in [-0.3, -0.25) is 9.59 Å². The first-order chi connectivity index (χ1) is 13.5. The molecule has 4 rings (SSSR count). The lowest BCUT2D eigenvalue weighted by atomic mass is 10.1. The first-order valence-electron chi connectivity index (χ1n) is 9.49. The molecular formula is C21H23N3O4. The molecule has 3 heterocycles. The van der Waals surface area contributed by atoms with Gasteiger partial charge in [-0.1, -0.05) is 5.16 Å². The van der Waals surface area contributed by atoms with E-state index in [0.717, 1.165) is 34.4 Å². The number of hydrogen-bond acceptors (Lipinski definition) is 5. The maximum atomic E-state index is 12.6. The summed E-state index contributed by atoms with van der Waals surface area (Å²) >= 11 is 0. The van der Waals surface area contributed by atoms with E-state index in [1.165, 1.54) is 0 Å². The number of aryl methyl sites for hydroxylation is 2. The van der Waals surface area contributed by atoms with E-state index < -0.39 is 0 Å². The predicted molar refractivity (Wildman–Crippen MR) is 103 cm³/mol. The van der Waals surface area contributed by atoms with Crippen LogP contribution in [0.15, 0.2) is 39.5 Å². The molecule has 1 aliphatic heterocycles. The van der Waals surface area contributed by atoms with Gasteiger partial charge in [0.15, 0.2) is 0 Å². The van der Waals surface area contributed by atoms with Gasteiger partial charge < -0.3 is 19.2 Å². The number of carbonyl (C=O) groups is 2. The summed E-state index contributed by atoms with van der Waals surface area (Å²) in [6.07, 6.45) is 3.37. The molecule has 3 aromatic rings. The Kier molecular flexibility index (Phi) is 4.90. The van der Waals surface area contributed by atoms with Crippen molar-refractivity contribution in [2.75, 3.05) is 6.54 Å². The van der Waals surface area contributed by atoms with Crippen LogP contribution in [0.1, 0.15) is 46.6 Å². The van der Waals surface area contributed by atoms with Crippen LogP contribution in [-0.4, -0.2) is 34.5 Å². The number of carbonyl (C=O) groups excluding carboxylic acids is 2. The van der Waals surface area contributed by atoms with Crippen LogP contribution in [0.2, 0.25) is 0 Å². The van der Waals surface area contributed by atoms with Crippen LogP contribution in [0.4, 0.5) is 0 Å².